The summed E-state index contributed by atoms with van der Waals surface area (Å²) in [6.07, 6.45) is 1.53. The van der Waals surface area contributed by atoms with Crippen molar-refractivity contribution in [2.75, 3.05) is 0 Å². The number of nitrogens with zero attached hydrogens (tertiary/aromatic N) is 1. The van der Waals surface area contributed by atoms with Gasteiger partial charge in [0.25, 0.3) is 5.91 Å². The van der Waals surface area contributed by atoms with Crippen molar-refractivity contribution in [3.8, 4) is 0 Å². The van der Waals surface area contributed by atoms with Crippen LogP contribution in [0.3, 0.4) is 0 Å². The maximum Gasteiger partial charge on any atom is 0.267 e. The van der Waals surface area contributed by atoms with Gasteiger partial charge in [-0.3, -0.25) is 9.78 Å². The number of primary amides is 1. The number of pyridine rings is 1. The topological polar surface area (TPSA) is 88.2 Å². The predicted molar refractivity (Wildman–Crippen MR) is 83.4 cm³/mol. The van der Waals surface area contributed by atoms with Gasteiger partial charge in [0, 0.05) is 16.7 Å². The molecule has 4 N–H and O–H groups in total. The van der Waals surface area contributed by atoms with Gasteiger partial charge in [-0.25, -0.2) is 0 Å². The zero-order chi connectivity index (χ0) is 15.2. The normalized spacial score (nSPS) is 12.6. The predicted octanol–water partition coefficient (Wildman–Crippen LogP) is 2.72. The molecule has 3 rings (SSSR count). The number of fused-ring (bicyclic) bond motifs is 1. The lowest BCUT2D eigenvalue weighted by molar-refractivity contribution is 0.0995. The minimum absolute atomic E-state index is 0.303. The molecule has 0 atom stereocenters. The Labute approximate surface area is 127 Å². The van der Waals surface area contributed by atoms with Crippen LogP contribution >= 0.6 is 11.9 Å². The Morgan fingerprint density at radius 3 is 2.57 bits per heavy atom. The van der Waals surface area contributed by atoms with E-state index in [-0.39, 0.29) is 0 Å². The van der Waals surface area contributed by atoms with Gasteiger partial charge in [0.1, 0.15) is 11.5 Å². The first-order valence-electron chi connectivity index (χ1n) is 6.22. The number of aromatic nitrogens is 1. The number of hydrogen-bond acceptors (Lipinski definition) is 5. The van der Waals surface area contributed by atoms with E-state index in [2.05, 4.69) is 9.71 Å². The zero-order valence-corrected chi connectivity index (χ0v) is 12.2. The quantitative estimate of drug-likeness (QED) is 0.705. The van der Waals surface area contributed by atoms with Gasteiger partial charge in [-0.15, -0.1) is 0 Å². The van der Waals surface area contributed by atoms with Gasteiger partial charge in [-0.05, 0) is 43.1 Å². The van der Waals surface area contributed by atoms with Gasteiger partial charge >= 0.3 is 0 Å². The fraction of sp³-hybridized carbons (Fsp3) is 0.0667. The van der Waals surface area contributed by atoms with Crippen LogP contribution in [-0.4, -0.2) is 16.0 Å². The van der Waals surface area contributed by atoms with Crippen LogP contribution in [0.1, 0.15) is 23.0 Å². The number of amides is 1. The molecule has 0 spiro atoms. The van der Waals surface area contributed by atoms with E-state index in [1.165, 1.54) is 18.1 Å². The average molecular weight is 301 g/mol. The summed E-state index contributed by atoms with van der Waals surface area (Å²) in [6.45, 7) is 1.86. The number of allylic oxidation sites excluding steroid dienone is 1. The van der Waals surface area contributed by atoms with E-state index < -0.39 is 5.91 Å². The first kappa shape index (κ1) is 14.9. The smallest absolute Gasteiger partial charge is 0.267 e. The molecular formula is C15H15N3O2S. The summed E-state index contributed by atoms with van der Waals surface area (Å²) in [6, 6.07) is 12.8. The van der Waals surface area contributed by atoms with E-state index in [4.69, 9.17) is 5.73 Å². The largest absolute Gasteiger partial charge is 0.505 e. The summed E-state index contributed by atoms with van der Waals surface area (Å²) in [5.74, 6) is -0.139. The third-order valence-electron chi connectivity index (χ3n) is 2.73. The van der Waals surface area contributed by atoms with Crippen molar-refractivity contribution in [1.82, 2.24) is 9.71 Å². The molecular weight excluding hydrogens is 286 g/mol. The van der Waals surface area contributed by atoms with Crippen LogP contribution in [0.25, 0.3) is 5.76 Å². The van der Waals surface area contributed by atoms with E-state index in [9.17, 15) is 9.90 Å². The number of hydrogen-bond donors (Lipinski definition) is 3. The second kappa shape index (κ2) is 6.81. The Bertz CT molecular complexity index is 672. The van der Waals surface area contributed by atoms with Crippen LogP contribution in [-0.2, 0) is 0 Å². The molecule has 0 radical (unpaired) electrons. The number of aliphatic hydroxyl groups is 1. The molecule has 1 aromatic carbocycles. The molecule has 21 heavy (non-hydrogen) atoms. The van der Waals surface area contributed by atoms with Crippen molar-refractivity contribution in [2.45, 2.75) is 11.8 Å². The number of aliphatic hydroxyl groups excluding tert-OH is 1. The Morgan fingerprint density at radius 2 is 1.95 bits per heavy atom. The highest BCUT2D eigenvalue weighted by atomic mass is 32.2. The molecule has 1 aromatic heterocycles. The Kier molecular flexibility index (Phi) is 4.84. The molecule has 2 aromatic rings. The standard InChI is InChI=1S/C9H9NOS.C6H6N2O/c1-6-9(11)7-4-2-3-5-8(7)12-10-6;7-6(9)5-3-1-2-4-8-5/h2-5,10-11H,1H3;1-4H,(H2,7,9). The van der Waals surface area contributed by atoms with Crippen molar-refractivity contribution in [2.24, 2.45) is 5.73 Å². The molecule has 0 saturated carbocycles. The molecule has 0 unspecified atom stereocenters. The van der Waals surface area contributed by atoms with E-state index in [1.807, 2.05) is 31.2 Å². The Balaban J connectivity index is 0.000000161. The van der Waals surface area contributed by atoms with Gasteiger partial charge < -0.3 is 15.6 Å². The van der Waals surface area contributed by atoms with Crippen LogP contribution < -0.4 is 10.5 Å². The third-order valence-corrected chi connectivity index (χ3v) is 3.71. The van der Waals surface area contributed by atoms with Crippen molar-refractivity contribution in [3.05, 3.63) is 65.6 Å². The molecule has 0 bridgehead atoms. The molecule has 108 valence electrons. The second-order valence-electron chi connectivity index (χ2n) is 4.25. The minimum atomic E-state index is -0.490. The molecule has 1 amide bonds. The van der Waals surface area contributed by atoms with Crippen LogP contribution in [0.15, 0.2) is 59.3 Å². The maximum absolute atomic E-state index is 10.4. The highest BCUT2D eigenvalue weighted by Gasteiger charge is 2.14. The summed E-state index contributed by atoms with van der Waals surface area (Å²) >= 11 is 1.53. The van der Waals surface area contributed by atoms with Crippen molar-refractivity contribution >= 4 is 23.6 Å². The Morgan fingerprint density at radius 1 is 1.24 bits per heavy atom. The van der Waals surface area contributed by atoms with Gasteiger partial charge in [0.15, 0.2) is 0 Å². The highest BCUT2D eigenvalue weighted by Crippen LogP contribution is 2.31. The number of benzene rings is 1. The molecule has 6 heteroatoms. The fourth-order valence-electron chi connectivity index (χ4n) is 1.64. The molecule has 1 aliphatic heterocycles. The molecule has 1 aliphatic rings. The second-order valence-corrected chi connectivity index (χ2v) is 5.10. The van der Waals surface area contributed by atoms with Crippen molar-refractivity contribution in [3.63, 3.8) is 0 Å². The number of nitrogens with two attached hydrogens (primary N) is 1. The fourth-order valence-corrected chi connectivity index (χ4v) is 2.42. The van der Waals surface area contributed by atoms with Crippen LogP contribution in [0.2, 0.25) is 0 Å². The van der Waals surface area contributed by atoms with Crippen LogP contribution in [0, 0.1) is 0 Å². The zero-order valence-electron chi connectivity index (χ0n) is 11.4. The van der Waals surface area contributed by atoms with E-state index in [0.29, 0.717) is 11.5 Å². The van der Waals surface area contributed by atoms with E-state index in [0.717, 1.165) is 16.2 Å². The van der Waals surface area contributed by atoms with E-state index in [1.54, 1.807) is 18.2 Å². The molecule has 0 saturated heterocycles. The number of carbonyl (C=O) groups excluding carboxylic acids is 1. The summed E-state index contributed by atoms with van der Waals surface area (Å²) < 4.78 is 3.03. The monoisotopic (exact) mass is 301 g/mol. The van der Waals surface area contributed by atoms with E-state index >= 15 is 0 Å². The molecule has 0 aliphatic carbocycles. The number of nitrogens with one attached hydrogen (secondary N) is 1. The highest BCUT2D eigenvalue weighted by molar-refractivity contribution is 7.97. The van der Waals surface area contributed by atoms with Gasteiger partial charge in [-0.2, -0.15) is 0 Å². The molecule has 2 heterocycles. The lowest BCUT2D eigenvalue weighted by atomic mass is 10.1. The van der Waals surface area contributed by atoms with Crippen LogP contribution in [0.5, 0.6) is 0 Å². The van der Waals surface area contributed by atoms with Gasteiger partial charge in [-0.1, -0.05) is 18.2 Å². The first-order chi connectivity index (χ1) is 10.1. The Hall–Kier alpha value is -2.47. The lowest BCUT2D eigenvalue weighted by Gasteiger charge is -2.17. The number of carbonyl (C=O) groups is 1. The summed E-state index contributed by atoms with van der Waals surface area (Å²) in [5, 5.41) is 9.63. The third kappa shape index (κ3) is 3.76. The maximum atomic E-state index is 10.4. The summed E-state index contributed by atoms with van der Waals surface area (Å²) in [4.78, 5) is 15.1. The van der Waals surface area contributed by atoms with Crippen molar-refractivity contribution < 1.29 is 9.90 Å². The lowest BCUT2D eigenvalue weighted by Crippen LogP contribution is -2.12. The van der Waals surface area contributed by atoms with Gasteiger partial charge in [0.05, 0.1) is 5.70 Å². The first-order valence-corrected chi connectivity index (χ1v) is 7.04. The summed E-state index contributed by atoms with van der Waals surface area (Å²) in [5.41, 5.74) is 6.95. The van der Waals surface area contributed by atoms with Crippen LogP contribution in [0.4, 0.5) is 0 Å². The van der Waals surface area contributed by atoms with Gasteiger partial charge in [0.2, 0.25) is 0 Å². The molecule has 0 fully saturated rings. The number of rotatable bonds is 1. The summed E-state index contributed by atoms with van der Waals surface area (Å²) in [7, 11) is 0. The molecule has 5 nitrogen and oxygen atoms in total. The average Bonchev–Trinajstić information content (AvgIpc) is 2.53. The SMILES string of the molecule is CC1=C(O)c2ccccc2SN1.NC(=O)c1ccccn1. The minimum Gasteiger partial charge on any atom is -0.505 e. The van der Waals surface area contributed by atoms with Crippen molar-refractivity contribution in [1.29, 1.82) is 0 Å².